The molecule has 1 aromatic carbocycles. The summed E-state index contributed by atoms with van der Waals surface area (Å²) in [5.41, 5.74) is 1.32. The van der Waals surface area contributed by atoms with Gasteiger partial charge in [-0.25, -0.2) is 4.68 Å². The van der Waals surface area contributed by atoms with Crippen molar-refractivity contribution in [1.82, 2.24) is 20.3 Å². The third kappa shape index (κ3) is 2.92. The summed E-state index contributed by atoms with van der Waals surface area (Å²) in [4.78, 5) is 0. The van der Waals surface area contributed by atoms with Gasteiger partial charge in [-0.05, 0) is 45.5 Å². The zero-order chi connectivity index (χ0) is 15.8. The van der Waals surface area contributed by atoms with E-state index in [-0.39, 0.29) is 11.6 Å². The van der Waals surface area contributed by atoms with E-state index in [4.69, 9.17) is 0 Å². The van der Waals surface area contributed by atoms with E-state index in [9.17, 15) is 13.2 Å². The molecule has 0 saturated heterocycles. The number of halogens is 3. The van der Waals surface area contributed by atoms with Crippen molar-refractivity contribution < 1.29 is 13.2 Å². The van der Waals surface area contributed by atoms with Gasteiger partial charge in [0.25, 0.3) is 0 Å². The molecule has 114 valence electrons. The van der Waals surface area contributed by atoms with Crippen LogP contribution in [0.3, 0.4) is 0 Å². The Morgan fingerprint density at radius 2 is 1.90 bits per heavy atom. The van der Waals surface area contributed by atoms with Crippen molar-refractivity contribution in [3.63, 3.8) is 0 Å². The van der Waals surface area contributed by atoms with Crippen LogP contribution in [-0.4, -0.2) is 22.0 Å². The zero-order valence-electron chi connectivity index (χ0n) is 12.3. The minimum atomic E-state index is -4.38. The summed E-state index contributed by atoms with van der Waals surface area (Å²) in [5.74, 6) is 0. The summed E-state index contributed by atoms with van der Waals surface area (Å²) in [7, 11) is 1.79. The molecule has 0 bridgehead atoms. The highest BCUT2D eigenvalue weighted by atomic mass is 19.4. The Morgan fingerprint density at radius 1 is 1.24 bits per heavy atom. The number of aryl methyl sites for hydroxylation is 1. The molecule has 1 aromatic heterocycles. The van der Waals surface area contributed by atoms with Gasteiger partial charge in [0, 0.05) is 0 Å². The molecule has 7 heteroatoms. The first-order valence-corrected chi connectivity index (χ1v) is 6.53. The van der Waals surface area contributed by atoms with E-state index in [1.54, 1.807) is 20.0 Å². The van der Waals surface area contributed by atoms with Crippen molar-refractivity contribution in [3.8, 4) is 5.69 Å². The van der Waals surface area contributed by atoms with Gasteiger partial charge in [-0.1, -0.05) is 11.3 Å². The van der Waals surface area contributed by atoms with Gasteiger partial charge in [-0.3, -0.25) is 0 Å². The molecule has 1 N–H and O–H groups in total. The standard InChI is InChI=1S/C14H17F3N4/c1-8-5-6-11(7-12(8)14(15,16)17)21-10(3)13(19-20-21)9(2)18-4/h5-7,9,18H,1-4H3. The topological polar surface area (TPSA) is 42.7 Å². The molecule has 0 aliphatic rings. The molecular weight excluding hydrogens is 281 g/mol. The summed E-state index contributed by atoms with van der Waals surface area (Å²) < 4.78 is 40.4. The van der Waals surface area contributed by atoms with Crippen molar-refractivity contribution in [2.45, 2.75) is 33.0 Å². The van der Waals surface area contributed by atoms with E-state index in [0.29, 0.717) is 17.1 Å². The fraction of sp³-hybridized carbons (Fsp3) is 0.429. The number of hydrogen-bond acceptors (Lipinski definition) is 3. The molecule has 0 aliphatic heterocycles. The molecule has 1 atom stereocenters. The maximum atomic E-state index is 13.0. The molecule has 0 saturated carbocycles. The summed E-state index contributed by atoms with van der Waals surface area (Å²) in [6.07, 6.45) is -4.38. The monoisotopic (exact) mass is 298 g/mol. The number of alkyl halides is 3. The quantitative estimate of drug-likeness (QED) is 0.946. The molecule has 0 amide bonds. The molecular formula is C14H17F3N4. The average Bonchev–Trinajstić information content (AvgIpc) is 2.79. The smallest absolute Gasteiger partial charge is 0.312 e. The molecule has 1 heterocycles. The maximum Gasteiger partial charge on any atom is 0.416 e. The van der Waals surface area contributed by atoms with Gasteiger partial charge in [0.15, 0.2) is 0 Å². The zero-order valence-corrected chi connectivity index (χ0v) is 12.3. The lowest BCUT2D eigenvalue weighted by Gasteiger charge is -2.13. The van der Waals surface area contributed by atoms with Gasteiger partial charge in [-0.2, -0.15) is 13.2 Å². The van der Waals surface area contributed by atoms with Crippen molar-refractivity contribution in [3.05, 3.63) is 40.7 Å². The Morgan fingerprint density at radius 3 is 2.48 bits per heavy atom. The van der Waals surface area contributed by atoms with Crippen LogP contribution in [0.5, 0.6) is 0 Å². The second-order valence-electron chi connectivity index (χ2n) is 4.98. The van der Waals surface area contributed by atoms with Crippen LogP contribution in [-0.2, 0) is 6.18 Å². The Hall–Kier alpha value is -1.89. The fourth-order valence-electron chi connectivity index (χ4n) is 2.17. The summed E-state index contributed by atoms with van der Waals surface area (Å²) in [6.45, 7) is 5.14. The third-order valence-electron chi connectivity index (χ3n) is 3.54. The van der Waals surface area contributed by atoms with Gasteiger partial charge >= 0.3 is 6.18 Å². The van der Waals surface area contributed by atoms with E-state index in [2.05, 4.69) is 15.6 Å². The Balaban J connectivity index is 2.51. The number of benzene rings is 1. The highest BCUT2D eigenvalue weighted by molar-refractivity contribution is 5.42. The SMILES string of the molecule is CNC(C)c1nnn(-c2ccc(C)c(C(F)(F)F)c2)c1C. The molecule has 2 aromatic rings. The van der Waals surface area contributed by atoms with Crippen molar-refractivity contribution in [2.24, 2.45) is 0 Å². The van der Waals surface area contributed by atoms with Crippen LogP contribution in [0.15, 0.2) is 18.2 Å². The van der Waals surface area contributed by atoms with Gasteiger partial charge in [0.1, 0.15) is 5.69 Å². The van der Waals surface area contributed by atoms with E-state index in [1.165, 1.54) is 17.7 Å². The molecule has 0 spiro atoms. The number of rotatable bonds is 3. The second kappa shape index (κ2) is 5.48. The molecule has 0 radical (unpaired) electrons. The van der Waals surface area contributed by atoms with E-state index >= 15 is 0 Å². The Bertz CT molecular complexity index is 646. The summed E-state index contributed by atoms with van der Waals surface area (Å²) in [5, 5.41) is 11.0. The lowest BCUT2D eigenvalue weighted by molar-refractivity contribution is -0.138. The lowest BCUT2D eigenvalue weighted by atomic mass is 10.1. The molecule has 0 fully saturated rings. The third-order valence-corrected chi connectivity index (χ3v) is 3.54. The van der Waals surface area contributed by atoms with Gasteiger partial charge in [-0.15, -0.1) is 5.10 Å². The minimum absolute atomic E-state index is 0.0220. The van der Waals surface area contributed by atoms with Crippen LogP contribution in [0.2, 0.25) is 0 Å². The highest BCUT2D eigenvalue weighted by Crippen LogP contribution is 2.33. The first kappa shape index (κ1) is 15.5. The highest BCUT2D eigenvalue weighted by Gasteiger charge is 2.32. The molecule has 4 nitrogen and oxygen atoms in total. The first-order valence-electron chi connectivity index (χ1n) is 6.53. The lowest BCUT2D eigenvalue weighted by Crippen LogP contribution is -2.14. The Labute approximate surface area is 121 Å². The first-order chi connectivity index (χ1) is 9.75. The van der Waals surface area contributed by atoms with Crippen LogP contribution < -0.4 is 5.32 Å². The number of hydrogen-bond donors (Lipinski definition) is 1. The summed E-state index contributed by atoms with van der Waals surface area (Å²) in [6, 6.07) is 4.14. The predicted octanol–water partition coefficient (Wildman–Crippen LogP) is 3.18. The van der Waals surface area contributed by atoms with Crippen molar-refractivity contribution >= 4 is 0 Å². The van der Waals surface area contributed by atoms with Gasteiger partial charge in [0.05, 0.1) is 23.0 Å². The second-order valence-corrected chi connectivity index (χ2v) is 4.98. The van der Waals surface area contributed by atoms with Crippen LogP contribution in [0, 0.1) is 13.8 Å². The normalized spacial score (nSPS) is 13.5. The summed E-state index contributed by atoms with van der Waals surface area (Å²) >= 11 is 0. The van der Waals surface area contributed by atoms with Crippen LogP contribution in [0.1, 0.15) is 35.5 Å². The Kier molecular flexibility index (Phi) is 4.04. The van der Waals surface area contributed by atoms with Crippen LogP contribution in [0.25, 0.3) is 5.69 Å². The van der Waals surface area contributed by atoms with Crippen molar-refractivity contribution in [1.29, 1.82) is 0 Å². The number of nitrogens with one attached hydrogen (secondary N) is 1. The molecule has 21 heavy (non-hydrogen) atoms. The maximum absolute atomic E-state index is 13.0. The fourth-order valence-corrected chi connectivity index (χ4v) is 2.17. The van der Waals surface area contributed by atoms with Gasteiger partial charge in [0.2, 0.25) is 0 Å². The minimum Gasteiger partial charge on any atom is -0.312 e. The number of aromatic nitrogens is 3. The largest absolute Gasteiger partial charge is 0.416 e. The molecule has 1 unspecified atom stereocenters. The van der Waals surface area contributed by atoms with Crippen LogP contribution in [0.4, 0.5) is 13.2 Å². The average molecular weight is 298 g/mol. The number of nitrogens with zero attached hydrogens (tertiary/aromatic N) is 3. The van der Waals surface area contributed by atoms with E-state index < -0.39 is 11.7 Å². The van der Waals surface area contributed by atoms with E-state index in [0.717, 1.165) is 6.07 Å². The molecule has 0 aliphatic carbocycles. The van der Waals surface area contributed by atoms with Crippen molar-refractivity contribution in [2.75, 3.05) is 7.05 Å². The van der Waals surface area contributed by atoms with Gasteiger partial charge < -0.3 is 5.32 Å². The van der Waals surface area contributed by atoms with Crippen LogP contribution >= 0.6 is 0 Å². The molecule has 2 rings (SSSR count). The predicted molar refractivity (Wildman–Crippen MR) is 73.3 cm³/mol. The van der Waals surface area contributed by atoms with E-state index in [1.807, 2.05) is 6.92 Å².